The third kappa shape index (κ3) is 7.74. The van der Waals surface area contributed by atoms with E-state index in [1.54, 1.807) is 12.1 Å². The number of hydrogen-bond donors (Lipinski definition) is 4. The molecule has 1 aromatic rings. The van der Waals surface area contributed by atoms with Crippen LogP contribution >= 0.6 is 0 Å². The molecule has 0 spiro atoms. The van der Waals surface area contributed by atoms with Crippen LogP contribution in [0.4, 0.5) is 0 Å². The lowest BCUT2D eigenvalue weighted by molar-refractivity contribution is -0.138. The predicted octanol–water partition coefficient (Wildman–Crippen LogP) is 0.0104. The minimum Gasteiger partial charge on any atom is -0.354 e. The summed E-state index contributed by atoms with van der Waals surface area (Å²) in [6.07, 6.45) is 3.06. The molecule has 38 heavy (non-hydrogen) atoms. The number of fused-ring (bicyclic) bond motifs is 1. The van der Waals surface area contributed by atoms with E-state index < -0.39 is 41.9 Å². The third-order valence-corrected chi connectivity index (χ3v) is 6.59. The van der Waals surface area contributed by atoms with Gasteiger partial charge in [0.1, 0.15) is 29.9 Å². The SMILES string of the molecule is CC(C)C[C@@H]1NC(=O)[C@@H](NC(=O)c2ccccn2)CCNC(=O)[C@H]2CCCN2C(=O)CC[C@@H](C#N)NC1=O. The lowest BCUT2D eigenvalue weighted by atomic mass is 10.0. The number of carbonyl (C=O) groups excluding carboxylic acids is 5. The Morgan fingerprint density at radius 1 is 1.13 bits per heavy atom. The minimum absolute atomic E-state index is 0.00508. The summed E-state index contributed by atoms with van der Waals surface area (Å²) in [5.74, 6) is -2.26. The molecule has 12 heteroatoms. The maximum atomic E-state index is 13.3. The molecule has 0 aromatic carbocycles. The number of aromatic nitrogens is 1. The highest BCUT2D eigenvalue weighted by Crippen LogP contribution is 2.19. The molecule has 1 aromatic heterocycles. The Morgan fingerprint density at radius 2 is 1.92 bits per heavy atom. The standard InChI is InChI=1S/C26H35N7O5/c1-16(2)14-20-25(37)30-17(15-27)8-9-22(34)33-13-5-7-21(33)26(38)29-12-10-19(24(36)32-20)31-23(35)18-6-3-4-11-28-18/h3-4,6,11,16-17,19-21H,5,7-10,12-14H2,1-2H3,(H,29,38)(H,30,37)(H,31,35)(H,32,36)/t17-,19-,20-,21+/m0/s1. The first-order valence-electron chi connectivity index (χ1n) is 13.0. The van der Waals surface area contributed by atoms with Crippen molar-refractivity contribution in [1.29, 1.82) is 5.26 Å². The van der Waals surface area contributed by atoms with Crippen LogP contribution in [-0.4, -0.2) is 76.7 Å². The fourth-order valence-corrected chi connectivity index (χ4v) is 4.62. The van der Waals surface area contributed by atoms with E-state index in [9.17, 15) is 29.2 Å². The van der Waals surface area contributed by atoms with Gasteiger partial charge in [0.25, 0.3) is 5.91 Å². The van der Waals surface area contributed by atoms with Crippen molar-refractivity contribution in [2.75, 3.05) is 13.1 Å². The molecule has 12 nitrogen and oxygen atoms in total. The summed E-state index contributed by atoms with van der Waals surface area (Å²) in [4.78, 5) is 70.4. The van der Waals surface area contributed by atoms with Crippen LogP contribution in [0.5, 0.6) is 0 Å². The quantitative estimate of drug-likeness (QED) is 0.428. The average Bonchev–Trinajstić information content (AvgIpc) is 3.39. The predicted molar refractivity (Wildman–Crippen MR) is 136 cm³/mol. The molecule has 0 unspecified atom stereocenters. The van der Waals surface area contributed by atoms with Crippen molar-refractivity contribution in [1.82, 2.24) is 31.2 Å². The zero-order valence-electron chi connectivity index (χ0n) is 21.7. The van der Waals surface area contributed by atoms with Crippen LogP contribution in [0.15, 0.2) is 24.4 Å². The van der Waals surface area contributed by atoms with Crippen molar-refractivity contribution in [3.05, 3.63) is 30.1 Å². The maximum Gasteiger partial charge on any atom is 0.270 e. The van der Waals surface area contributed by atoms with Crippen molar-refractivity contribution in [3.8, 4) is 6.07 Å². The van der Waals surface area contributed by atoms with Crippen molar-refractivity contribution < 1.29 is 24.0 Å². The largest absolute Gasteiger partial charge is 0.354 e. The number of rotatable bonds is 4. The van der Waals surface area contributed by atoms with Gasteiger partial charge in [-0.1, -0.05) is 19.9 Å². The number of nitrogens with one attached hydrogen (secondary N) is 4. The van der Waals surface area contributed by atoms with Crippen molar-refractivity contribution in [2.45, 2.75) is 76.5 Å². The van der Waals surface area contributed by atoms with Crippen LogP contribution in [-0.2, 0) is 19.2 Å². The molecular formula is C26H35N7O5. The van der Waals surface area contributed by atoms with Gasteiger partial charge in [-0.3, -0.25) is 29.0 Å². The van der Waals surface area contributed by atoms with E-state index >= 15 is 0 Å². The molecule has 2 aliphatic heterocycles. The van der Waals surface area contributed by atoms with Crippen LogP contribution < -0.4 is 21.3 Å². The van der Waals surface area contributed by atoms with Gasteiger partial charge in [-0.2, -0.15) is 5.26 Å². The zero-order valence-corrected chi connectivity index (χ0v) is 21.7. The summed E-state index contributed by atoms with van der Waals surface area (Å²) in [6, 6.07) is 3.19. The third-order valence-electron chi connectivity index (χ3n) is 6.59. The van der Waals surface area contributed by atoms with Gasteiger partial charge in [0.2, 0.25) is 23.6 Å². The second kappa shape index (κ2) is 13.5. The molecule has 4 atom stereocenters. The van der Waals surface area contributed by atoms with Gasteiger partial charge in [-0.05, 0) is 50.2 Å². The van der Waals surface area contributed by atoms with E-state index in [1.165, 1.54) is 17.2 Å². The Kier molecular flexibility index (Phi) is 10.2. The molecule has 5 amide bonds. The van der Waals surface area contributed by atoms with Crippen molar-refractivity contribution in [3.63, 3.8) is 0 Å². The van der Waals surface area contributed by atoms with Crippen LogP contribution in [0.1, 0.15) is 62.9 Å². The van der Waals surface area contributed by atoms with Crippen LogP contribution in [0, 0.1) is 17.2 Å². The smallest absolute Gasteiger partial charge is 0.270 e. The van der Waals surface area contributed by atoms with E-state index in [-0.39, 0.29) is 49.2 Å². The normalized spacial score (nSPS) is 25.6. The number of hydrogen-bond acceptors (Lipinski definition) is 7. The maximum absolute atomic E-state index is 13.3. The van der Waals surface area contributed by atoms with Gasteiger partial charge < -0.3 is 26.2 Å². The van der Waals surface area contributed by atoms with E-state index in [2.05, 4.69) is 26.3 Å². The monoisotopic (exact) mass is 525 g/mol. The van der Waals surface area contributed by atoms with E-state index in [4.69, 9.17) is 0 Å². The van der Waals surface area contributed by atoms with Crippen molar-refractivity contribution in [2.24, 2.45) is 5.92 Å². The fraction of sp³-hybridized carbons (Fsp3) is 0.577. The Labute approximate surface area is 221 Å². The number of nitrogens with zero attached hydrogens (tertiary/aromatic N) is 3. The molecule has 3 heterocycles. The highest BCUT2D eigenvalue weighted by atomic mass is 16.2. The van der Waals surface area contributed by atoms with Gasteiger partial charge in [0.05, 0.1) is 6.07 Å². The van der Waals surface area contributed by atoms with Crippen LogP contribution in [0.25, 0.3) is 0 Å². The molecule has 0 aliphatic carbocycles. The summed E-state index contributed by atoms with van der Waals surface area (Å²) in [7, 11) is 0. The Hall–Kier alpha value is -4.01. The first-order chi connectivity index (χ1) is 18.2. The van der Waals surface area contributed by atoms with Gasteiger partial charge in [0, 0.05) is 25.7 Å². The number of pyridine rings is 1. The molecule has 3 rings (SSSR count). The van der Waals surface area contributed by atoms with Gasteiger partial charge in [-0.15, -0.1) is 0 Å². The molecule has 4 N–H and O–H groups in total. The molecule has 2 fully saturated rings. The van der Waals surface area contributed by atoms with Gasteiger partial charge in [0.15, 0.2) is 0 Å². The van der Waals surface area contributed by atoms with E-state index in [1.807, 2.05) is 19.9 Å². The van der Waals surface area contributed by atoms with Crippen LogP contribution in [0.2, 0.25) is 0 Å². The first kappa shape index (κ1) is 28.6. The average molecular weight is 526 g/mol. The van der Waals surface area contributed by atoms with Gasteiger partial charge in [-0.25, -0.2) is 0 Å². The minimum atomic E-state index is -1.08. The molecule has 204 valence electrons. The Balaban J connectivity index is 1.85. The molecule has 0 radical (unpaired) electrons. The fourth-order valence-electron chi connectivity index (χ4n) is 4.62. The first-order valence-corrected chi connectivity index (χ1v) is 13.0. The Bertz CT molecular complexity index is 1070. The van der Waals surface area contributed by atoms with Crippen LogP contribution in [0.3, 0.4) is 0 Å². The molecule has 2 saturated heterocycles. The van der Waals surface area contributed by atoms with Gasteiger partial charge >= 0.3 is 0 Å². The second-order valence-corrected chi connectivity index (χ2v) is 9.99. The number of carbonyl (C=O) groups is 5. The molecular weight excluding hydrogens is 490 g/mol. The zero-order chi connectivity index (χ0) is 27.7. The molecule has 0 bridgehead atoms. The van der Waals surface area contributed by atoms with Crippen molar-refractivity contribution >= 4 is 29.5 Å². The summed E-state index contributed by atoms with van der Waals surface area (Å²) < 4.78 is 0. The lowest BCUT2D eigenvalue weighted by Gasteiger charge is -2.27. The van der Waals surface area contributed by atoms with E-state index in [0.29, 0.717) is 25.8 Å². The molecule has 0 saturated carbocycles. The Morgan fingerprint density at radius 3 is 2.61 bits per heavy atom. The lowest BCUT2D eigenvalue weighted by Crippen LogP contribution is -2.56. The highest BCUT2D eigenvalue weighted by Gasteiger charge is 2.35. The topological polar surface area (TPSA) is 173 Å². The number of nitriles is 1. The van der Waals surface area contributed by atoms with E-state index in [0.717, 1.165) is 0 Å². The summed E-state index contributed by atoms with van der Waals surface area (Å²) >= 11 is 0. The summed E-state index contributed by atoms with van der Waals surface area (Å²) in [5.41, 5.74) is 0.116. The second-order valence-electron chi connectivity index (χ2n) is 9.99. The summed E-state index contributed by atoms with van der Waals surface area (Å²) in [5, 5.41) is 20.4. The number of amides is 5. The highest BCUT2D eigenvalue weighted by molar-refractivity contribution is 5.97. The summed E-state index contributed by atoms with van der Waals surface area (Å²) in [6.45, 7) is 4.28. The molecule has 2 aliphatic rings.